The minimum Gasteiger partial charge on any atom is -0.272 e. The first kappa shape index (κ1) is 18.6. The Morgan fingerprint density at radius 3 is 2.39 bits per heavy atom. The molecule has 0 N–H and O–H groups in total. The highest BCUT2D eigenvalue weighted by Gasteiger charge is 2.38. The summed E-state index contributed by atoms with van der Waals surface area (Å²) in [7, 11) is 0. The molecule has 3 aromatic rings. The molecule has 1 aliphatic rings. The molecule has 0 saturated carbocycles. The molecular formula is C22H21ClN4O. The Hall–Kier alpha value is -2.79. The largest absolute Gasteiger partial charge is 0.272 e. The molecule has 0 bridgehead atoms. The number of nitrogens with zero attached hydrogens (tertiary/aromatic N) is 4. The first-order chi connectivity index (χ1) is 13.3. The van der Waals surface area contributed by atoms with Crippen molar-refractivity contribution in [3.8, 4) is 0 Å². The van der Waals surface area contributed by atoms with Gasteiger partial charge in [-0.1, -0.05) is 50.6 Å². The van der Waals surface area contributed by atoms with E-state index in [-0.39, 0.29) is 11.9 Å². The first-order valence-electron chi connectivity index (χ1n) is 9.21. The van der Waals surface area contributed by atoms with Gasteiger partial charge in [0, 0.05) is 29.3 Å². The molecule has 1 aliphatic heterocycles. The number of rotatable bonds is 2. The normalized spacial score (nSPS) is 17.1. The summed E-state index contributed by atoms with van der Waals surface area (Å²) in [6.45, 7) is 5.73. The van der Waals surface area contributed by atoms with Crippen molar-refractivity contribution in [2.75, 3.05) is 0 Å². The number of fused-ring (bicyclic) bond motifs is 1. The lowest BCUT2D eigenvalue weighted by molar-refractivity contribution is -0.141. The number of hydrogen-bond acceptors (Lipinski definition) is 4. The third-order valence-electron chi connectivity index (χ3n) is 4.82. The fraction of sp³-hybridized carbons (Fsp3) is 0.273. The van der Waals surface area contributed by atoms with Crippen LogP contribution in [0.15, 0.2) is 60.0 Å². The predicted molar refractivity (Wildman–Crippen MR) is 111 cm³/mol. The summed E-state index contributed by atoms with van der Waals surface area (Å²) in [6.07, 6.45) is 3.98. The lowest BCUT2D eigenvalue weighted by Crippen LogP contribution is -2.36. The molecule has 28 heavy (non-hydrogen) atoms. The van der Waals surface area contributed by atoms with Crippen LogP contribution in [-0.2, 0) is 4.79 Å². The van der Waals surface area contributed by atoms with Crippen molar-refractivity contribution in [3.05, 3.63) is 71.0 Å². The fourth-order valence-corrected chi connectivity index (χ4v) is 3.43. The molecule has 0 aliphatic carbocycles. The molecule has 1 amide bonds. The first-order valence-corrected chi connectivity index (χ1v) is 9.58. The number of hydrazone groups is 1. The van der Waals surface area contributed by atoms with Crippen molar-refractivity contribution in [1.82, 2.24) is 15.0 Å². The zero-order chi connectivity index (χ0) is 19.9. The van der Waals surface area contributed by atoms with Crippen LogP contribution in [-0.4, -0.2) is 26.6 Å². The zero-order valence-corrected chi connectivity index (χ0v) is 16.8. The van der Waals surface area contributed by atoms with Crippen LogP contribution in [0.3, 0.4) is 0 Å². The van der Waals surface area contributed by atoms with Gasteiger partial charge in [0.15, 0.2) is 0 Å². The highest BCUT2D eigenvalue weighted by molar-refractivity contribution is 6.30. The van der Waals surface area contributed by atoms with Crippen molar-refractivity contribution < 1.29 is 4.79 Å². The van der Waals surface area contributed by atoms with Gasteiger partial charge in [0.25, 0.3) is 0 Å². The van der Waals surface area contributed by atoms with Gasteiger partial charge >= 0.3 is 0 Å². The molecule has 1 atom stereocenters. The Kier molecular flexibility index (Phi) is 4.63. The quantitative estimate of drug-likeness (QED) is 0.616. The van der Waals surface area contributed by atoms with Crippen LogP contribution >= 0.6 is 11.6 Å². The summed E-state index contributed by atoms with van der Waals surface area (Å²) in [5, 5.41) is 7.02. The molecule has 0 fully saturated rings. The third kappa shape index (κ3) is 3.50. The standard InChI is InChI=1S/C22H21ClN4O/c1-22(2,3)21(28)27-20(13-18(26-27)14-4-7-16(23)8-5-14)15-6-9-17-19(12-15)25-11-10-24-17/h4-12,20H,13H2,1-3H3/t20-/m1/s1. The maximum absolute atomic E-state index is 13.1. The van der Waals surface area contributed by atoms with E-state index in [4.69, 9.17) is 16.7 Å². The van der Waals surface area contributed by atoms with E-state index in [1.807, 2.05) is 63.2 Å². The van der Waals surface area contributed by atoms with Crippen molar-refractivity contribution in [2.45, 2.75) is 33.2 Å². The second-order valence-electron chi connectivity index (χ2n) is 7.98. The van der Waals surface area contributed by atoms with Crippen LogP contribution < -0.4 is 0 Å². The highest BCUT2D eigenvalue weighted by Crippen LogP contribution is 2.36. The van der Waals surface area contributed by atoms with E-state index in [1.54, 1.807) is 17.4 Å². The van der Waals surface area contributed by atoms with Gasteiger partial charge in [-0.15, -0.1) is 0 Å². The van der Waals surface area contributed by atoms with E-state index in [0.29, 0.717) is 11.4 Å². The van der Waals surface area contributed by atoms with Gasteiger partial charge in [-0.05, 0) is 35.4 Å². The van der Waals surface area contributed by atoms with Crippen LogP contribution in [0.4, 0.5) is 0 Å². The number of amides is 1. The molecule has 2 aromatic carbocycles. The summed E-state index contributed by atoms with van der Waals surface area (Å²) in [5.41, 5.74) is 3.95. The molecule has 4 rings (SSSR count). The van der Waals surface area contributed by atoms with Crippen molar-refractivity contribution in [3.63, 3.8) is 0 Å². The number of carbonyl (C=O) groups excluding carboxylic acids is 1. The van der Waals surface area contributed by atoms with Crippen LogP contribution in [0.25, 0.3) is 11.0 Å². The predicted octanol–water partition coefficient (Wildman–Crippen LogP) is 5.01. The molecule has 0 unspecified atom stereocenters. The maximum Gasteiger partial charge on any atom is 0.248 e. The van der Waals surface area contributed by atoms with Crippen molar-refractivity contribution in [1.29, 1.82) is 0 Å². The van der Waals surface area contributed by atoms with Gasteiger partial charge in [-0.2, -0.15) is 5.10 Å². The number of benzene rings is 2. The molecule has 0 radical (unpaired) electrons. The third-order valence-corrected chi connectivity index (χ3v) is 5.07. The minimum atomic E-state index is -0.534. The van der Waals surface area contributed by atoms with Crippen molar-refractivity contribution in [2.24, 2.45) is 10.5 Å². The average molecular weight is 393 g/mol. The second-order valence-corrected chi connectivity index (χ2v) is 8.41. The lowest BCUT2D eigenvalue weighted by atomic mass is 9.93. The monoisotopic (exact) mass is 392 g/mol. The van der Waals surface area contributed by atoms with Gasteiger partial charge in [-0.25, -0.2) is 5.01 Å². The van der Waals surface area contributed by atoms with Crippen molar-refractivity contribution >= 4 is 34.3 Å². The molecule has 1 aromatic heterocycles. The average Bonchev–Trinajstić information content (AvgIpc) is 3.12. The fourth-order valence-electron chi connectivity index (χ4n) is 3.31. The zero-order valence-electron chi connectivity index (χ0n) is 16.1. The van der Waals surface area contributed by atoms with E-state index >= 15 is 0 Å². The van der Waals surface area contributed by atoms with E-state index in [0.717, 1.165) is 27.9 Å². The molecule has 2 heterocycles. The van der Waals surface area contributed by atoms with Crippen LogP contribution in [0, 0.1) is 5.41 Å². The summed E-state index contributed by atoms with van der Waals surface area (Å²) >= 11 is 6.02. The molecular weight excluding hydrogens is 372 g/mol. The molecule has 142 valence electrons. The Balaban J connectivity index is 1.75. The summed E-state index contributed by atoms with van der Waals surface area (Å²) in [4.78, 5) is 21.8. The van der Waals surface area contributed by atoms with E-state index < -0.39 is 5.41 Å². The Labute approximate surface area is 169 Å². The van der Waals surface area contributed by atoms with E-state index in [1.165, 1.54) is 0 Å². The topological polar surface area (TPSA) is 58.5 Å². The van der Waals surface area contributed by atoms with Gasteiger partial charge in [-0.3, -0.25) is 14.8 Å². The number of aromatic nitrogens is 2. The second kappa shape index (κ2) is 6.99. The van der Waals surface area contributed by atoms with Crippen LogP contribution in [0.1, 0.15) is 44.4 Å². The summed E-state index contributed by atoms with van der Waals surface area (Å²) in [5.74, 6) is -0.0132. The number of carbonyl (C=O) groups is 1. The lowest BCUT2D eigenvalue weighted by Gasteiger charge is -2.28. The Morgan fingerprint density at radius 1 is 1.04 bits per heavy atom. The smallest absolute Gasteiger partial charge is 0.248 e. The molecule has 0 saturated heterocycles. The molecule has 6 heteroatoms. The van der Waals surface area contributed by atoms with Crippen LogP contribution in [0.5, 0.6) is 0 Å². The summed E-state index contributed by atoms with van der Waals surface area (Å²) < 4.78 is 0. The number of hydrogen-bond donors (Lipinski definition) is 0. The molecule has 0 spiro atoms. The van der Waals surface area contributed by atoms with Gasteiger partial charge in [0.2, 0.25) is 5.91 Å². The number of halogens is 1. The van der Waals surface area contributed by atoms with Gasteiger partial charge in [0.05, 0.1) is 22.8 Å². The molecule has 5 nitrogen and oxygen atoms in total. The Bertz CT molecular complexity index is 1070. The van der Waals surface area contributed by atoms with E-state index in [2.05, 4.69) is 9.97 Å². The SMILES string of the molecule is CC(C)(C)C(=O)N1N=C(c2ccc(Cl)cc2)C[C@@H]1c1ccc2nccnc2c1. The summed E-state index contributed by atoms with van der Waals surface area (Å²) in [6, 6.07) is 13.3. The Morgan fingerprint density at radius 2 is 1.71 bits per heavy atom. The van der Waals surface area contributed by atoms with E-state index in [9.17, 15) is 4.79 Å². The van der Waals surface area contributed by atoms with Gasteiger partial charge in [0.1, 0.15) is 0 Å². The van der Waals surface area contributed by atoms with Gasteiger partial charge < -0.3 is 0 Å². The maximum atomic E-state index is 13.1. The van der Waals surface area contributed by atoms with Crippen LogP contribution in [0.2, 0.25) is 5.02 Å². The highest BCUT2D eigenvalue weighted by atomic mass is 35.5. The minimum absolute atomic E-state index is 0.0132.